The number of nitrogens with two attached hydrogens (primary N) is 1. The maximum absolute atomic E-state index is 11.9. The van der Waals surface area contributed by atoms with Crippen LogP contribution in [0.3, 0.4) is 0 Å². The summed E-state index contributed by atoms with van der Waals surface area (Å²) in [6.45, 7) is -0.580. The molecule has 0 spiro atoms. The number of nitrogens with zero attached hydrogens (tertiary/aromatic N) is 3. The topological polar surface area (TPSA) is 195 Å². The lowest BCUT2D eigenvalue weighted by Gasteiger charge is -2.23. The van der Waals surface area contributed by atoms with Gasteiger partial charge in [0.15, 0.2) is 17.4 Å². The van der Waals surface area contributed by atoms with Crippen LogP contribution in [0.2, 0.25) is 0 Å². The van der Waals surface area contributed by atoms with Gasteiger partial charge >= 0.3 is 7.82 Å². The fourth-order valence-electron chi connectivity index (χ4n) is 2.74. The SMILES string of the molecule is CO[C@@H]1[C@H](OP(=O)(O)O)[C@@H](CO)O[C@H]1n1cnc2c(=O)[nH]c(N)nc21. The summed E-state index contributed by atoms with van der Waals surface area (Å²) in [4.78, 5) is 40.2. The van der Waals surface area contributed by atoms with Gasteiger partial charge in [-0.05, 0) is 0 Å². The van der Waals surface area contributed by atoms with Gasteiger partial charge in [0.05, 0.1) is 12.9 Å². The van der Waals surface area contributed by atoms with Gasteiger partial charge in [-0.25, -0.2) is 9.55 Å². The van der Waals surface area contributed by atoms with Crippen LogP contribution in [0.4, 0.5) is 5.95 Å². The molecular formula is C11H16N5O8P. The Labute approximate surface area is 139 Å². The molecule has 4 atom stereocenters. The van der Waals surface area contributed by atoms with E-state index < -0.39 is 44.5 Å². The first-order valence-electron chi connectivity index (χ1n) is 7.00. The summed E-state index contributed by atoms with van der Waals surface area (Å²) in [6.07, 6.45) is -3.14. The molecule has 13 nitrogen and oxygen atoms in total. The van der Waals surface area contributed by atoms with Gasteiger partial charge in [0.1, 0.15) is 18.3 Å². The molecule has 1 fully saturated rings. The number of imidazole rings is 1. The lowest BCUT2D eigenvalue weighted by atomic mass is 10.1. The Balaban J connectivity index is 2.05. The summed E-state index contributed by atoms with van der Waals surface area (Å²) >= 11 is 0. The number of nitrogens with one attached hydrogen (secondary N) is 1. The van der Waals surface area contributed by atoms with Crippen LogP contribution in [0.15, 0.2) is 11.1 Å². The zero-order valence-corrected chi connectivity index (χ0v) is 13.7. The van der Waals surface area contributed by atoms with Crippen molar-refractivity contribution in [1.29, 1.82) is 0 Å². The third-order valence-corrected chi connectivity index (χ3v) is 4.24. The van der Waals surface area contributed by atoms with E-state index in [1.54, 1.807) is 0 Å². The summed E-state index contributed by atoms with van der Waals surface area (Å²) in [5, 5.41) is 9.43. The van der Waals surface area contributed by atoms with Crippen molar-refractivity contribution >= 4 is 24.9 Å². The number of ether oxygens (including phenoxy) is 2. The van der Waals surface area contributed by atoms with E-state index in [1.807, 2.05) is 0 Å². The number of rotatable bonds is 5. The van der Waals surface area contributed by atoms with E-state index in [0.717, 1.165) is 0 Å². The van der Waals surface area contributed by atoms with Gasteiger partial charge in [-0.3, -0.25) is 18.9 Å². The quantitative estimate of drug-likeness (QED) is 0.364. The fraction of sp³-hybridized carbons (Fsp3) is 0.545. The molecule has 3 rings (SSSR count). The lowest BCUT2D eigenvalue weighted by molar-refractivity contribution is -0.0583. The van der Waals surface area contributed by atoms with Crippen LogP contribution >= 0.6 is 7.82 Å². The summed E-state index contributed by atoms with van der Waals surface area (Å²) in [5.74, 6) is -0.145. The van der Waals surface area contributed by atoms with Gasteiger partial charge in [-0.15, -0.1) is 0 Å². The predicted octanol–water partition coefficient (Wildman–Crippen LogP) is -1.92. The zero-order valence-electron chi connectivity index (χ0n) is 12.8. The van der Waals surface area contributed by atoms with Gasteiger partial charge < -0.3 is 30.1 Å². The second kappa shape index (κ2) is 6.46. The number of nitrogen functional groups attached to an aromatic ring is 1. The number of aromatic nitrogens is 4. The molecule has 6 N–H and O–H groups in total. The normalized spacial score (nSPS) is 27.2. The van der Waals surface area contributed by atoms with E-state index >= 15 is 0 Å². The molecule has 25 heavy (non-hydrogen) atoms. The number of aromatic amines is 1. The van der Waals surface area contributed by atoms with Crippen molar-refractivity contribution in [3.05, 3.63) is 16.7 Å². The number of fused-ring (bicyclic) bond motifs is 1. The second-order valence-electron chi connectivity index (χ2n) is 5.28. The van der Waals surface area contributed by atoms with Gasteiger partial charge in [0.2, 0.25) is 5.95 Å². The molecule has 2 aromatic rings. The molecule has 3 heterocycles. The monoisotopic (exact) mass is 377 g/mol. The molecule has 14 heteroatoms. The standard InChI is InChI=1S/C11H16N5O8P/c1-22-7-6(24-25(19,20)21)4(2-17)23-10(7)16-3-13-5-8(16)14-11(12)15-9(5)18/h3-4,6-7,10,17H,2H2,1H3,(H2,19,20,21)(H3,12,14,15,18)/t4-,6-,7-,10-/m1/s1. The molecule has 0 amide bonds. The van der Waals surface area contributed by atoms with E-state index in [2.05, 4.69) is 15.0 Å². The van der Waals surface area contributed by atoms with Crippen molar-refractivity contribution in [3.63, 3.8) is 0 Å². The van der Waals surface area contributed by atoms with Crippen molar-refractivity contribution in [3.8, 4) is 0 Å². The predicted molar refractivity (Wildman–Crippen MR) is 81.3 cm³/mol. The molecule has 1 saturated heterocycles. The molecule has 1 aliphatic rings. The van der Waals surface area contributed by atoms with Crippen molar-refractivity contribution in [2.75, 3.05) is 19.5 Å². The first kappa shape index (κ1) is 17.9. The molecule has 0 aromatic carbocycles. The van der Waals surface area contributed by atoms with Crippen molar-refractivity contribution in [1.82, 2.24) is 19.5 Å². The molecule has 0 bridgehead atoms. The van der Waals surface area contributed by atoms with Crippen LogP contribution < -0.4 is 11.3 Å². The van der Waals surface area contributed by atoms with Gasteiger partial charge in [0.25, 0.3) is 5.56 Å². The Hall–Kier alpha value is -1.86. The minimum atomic E-state index is -4.87. The van der Waals surface area contributed by atoms with Crippen molar-refractivity contribution in [2.45, 2.75) is 24.5 Å². The summed E-state index contributed by atoms with van der Waals surface area (Å²) < 4.78 is 28.1. The van der Waals surface area contributed by atoms with Crippen LogP contribution in [0.25, 0.3) is 11.2 Å². The Morgan fingerprint density at radius 1 is 1.48 bits per heavy atom. The third-order valence-electron chi connectivity index (χ3n) is 3.72. The Bertz CT molecular complexity index is 877. The smallest absolute Gasteiger partial charge is 0.394 e. The van der Waals surface area contributed by atoms with E-state index in [0.29, 0.717) is 0 Å². The highest BCUT2D eigenvalue weighted by Crippen LogP contribution is 2.44. The highest BCUT2D eigenvalue weighted by atomic mass is 31.2. The van der Waals surface area contributed by atoms with Crippen LogP contribution in [0.1, 0.15) is 6.23 Å². The van der Waals surface area contributed by atoms with Crippen LogP contribution in [0, 0.1) is 0 Å². The highest BCUT2D eigenvalue weighted by Gasteiger charge is 2.49. The average molecular weight is 377 g/mol. The number of phosphoric acid groups is 1. The summed E-state index contributed by atoms with van der Waals surface area (Å²) in [7, 11) is -3.59. The van der Waals surface area contributed by atoms with E-state index in [1.165, 1.54) is 18.0 Å². The highest BCUT2D eigenvalue weighted by molar-refractivity contribution is 7.46. The maximum atomic E-state index is 11.9. The molecule has 1 aliphatic heterocycles. The molecule has 0 saturated carbocycles. The molecular weight excluding hydrogens is 361 g/mol. The number of methoxy groups -OCH3 is 1. The Morgan fingerprint density at radius 2 is 2.20 bits per heavy atom. The molecule has 0 unspecified atom stereocenters. The largest absolute Gasteiger partial charge is 0.470 e. The molecule has 2 aromatic heterocycles. The van der Waals surface area contributed by atoms with Crippen LogP contribution in [0.5, 0.6) is 0 Å². The van der Waals surface area contributed by atoms with Crippen molar-refractivity contribution in [2.24, 2.45) is 0 Å². The van der Waals surface area contributed by atoms with Crippen molar-refractivity contribution < 1.29 is 33.5 Å². The van der Waals surface area contributed by atoms with Gasteiger partial charge in [-0.2, -0.15) is 4.98 Å². The summed E-state index contributed by atoms with van der Waals surface area (Å²) in [6, 6.07) is 0. The third kappa shape index (κ3) is 3.30. The van der Waals surface area contributed by atoms with E-state index in [-0.39, 0.29) is 17.1 Å². The Kier molecular flexibility index (Phi) is 4.64. The number of aliphatic hydroxyl groups is 1. The van der Waals surface area contributed by atoms with Crippen LogP contribution in [-0.2, 0) is 18.6 Å². The number of hydrogen-bond donors (Lipinski definition) is 5. The van der Waals surface area contributed by atoms with E-state index in [9.17, 15) is 14.5 Å². The first-order chi connectivity index (χ1) is 11.7. The van der Waals surface area contributed by atoms with Crippen LogP contribution in [-0.4, -0.2) is 66.4 Å². The number of anilines is 1. The average Bonchev–Trinajstić information content (AvgIpc) is 3.06. The summed E-state index contributed by atoms with van der Waals surface area (Å²) in [5.41, 5.74) is 5.05. The zero-order chi connectivity index (χ0) is 18.4. The number of hydrogen-bond acceptors (Lipinski definition) is 9. The number of phosphoric ester groups is 1. The maximum Gasteiger partial charge on any atom is 0.470 e. The number of aliphatic hydroxyl groups excluding tert-OH is 1. The molecule has 0 aliphatic carbocycles. The minimum Gasteiger partial charge on any atom is -0.394 e. The number of H-pyrrole nitrogens is 1. The Morgan fingerprint density at radius 3 is 2.80 bits per heavy atom. The first-order valence-corrected chi connectivity index (χ1v) is 8.53. The lowest BCUT2D eigenvalue weighted by Crippen LogP contribution is -2.36. The molecule has 138 valence electrons. The fourth-order valence-corrected chi connectivity index (χ4v) is 3.32. The van der Waals surface area contributed by atoms with Gasteiger partial charge in [0, 0.05) is 7.11 Å². The van der Waals surface area contributed by atoms with Gasteiger partial charge in [-0.1, -0.05) is 0 Å². The molecule has 0 radical (unpaired) electrons. The second-order valence-corrected chi connectivity index (χ2v) is 6.48. The van der Waals surface area contributed by atoms with E-state index in [4.69, 9.17) is 29.5 Å². The minimum absolute atomic E-state index is 0.00689.